The Morgan fingerprint density at radius 3 is 2.85 bits per heavy atom. The van der Waals surface area contributed by atoms with Gasteiger partial charge < -0.3 is 0 Å². The predicted octanol–water partition coefficient (Wildman–Crippen LogP) is 4.07. The lowest BCUT2D eigenvalue weighted by molar-refractivity contribution is 0.0978. The van der Waals surface area contributed by atoms with Crippen LogP contribution in [0.1, 0.15) is 45.1 Å². The largest absolute Gasteiger partial charge is 0.271 e. The van der Waals surface area contributed by atoms with Crippen molar-refractivity contribution in [2.24, 2.45) is 17.2 Å². The van der Waals surface area contributed by atoms with Crippen molar-refractivity contribution in [2.75, 3.05) is 0 Å². The average Bonchev–Trinajstić information content (AvgIpc) is 2.41. The molecule has 3 N–H and O–H groups in total. The molecule has 0 spiro atoms. The summed E-state index contributed by atoms with van der Waals surface area (Å²) in [6.07, 6.45) is 5.42. The quantitative estimate of drug-likeness (QED) is 0.649. The lowest BCUT2D eigenvalue weighted by Crippen LogP contribution is -2.48. The third-order valence-corrected chi connectivity index (χ3v) is 5.05. The Hall–Kier alpha value is -0.640. The molecule has 0 bridgehead atoms. The number of hydrazine groups is 1. The Labute approximate surface area is 125 Å². The fourth-order valence-electron chi connectivity index (χ4n) is 3.53. The first-order valence-corrected chi connectivity index (χ1v) is 7.72. The van der Waals surface area contributed by atoms with Crippen LogP contribution in [0.3, 0.4) is 0 Å². The summed E-state index contributed by atoms with van der Waals surface area (Å²) in [5, 5.41) is 0.182. The van der Waals surface area contributed by atoms with E-state index in [1.54, 1.807) is 18.2 Å². The second-order valence-electron chi connectivity index (χ2n) is 6.53. The molecule has 0 heterocycles. The van der Waals surface area contributed by atoms with E-state index < -0.39 is 0 Å². The fourth-order valence-corrected chi connectivity index (χ4v) is 3.72. The number of halogens is 2. The Balaban J connectivity index is 2.18. The van der Waals surface area contributed by atoms with Crippen LogP contribution < -0.4 is 11.3 Å². The van der Waals surface area contributed by atoms with Crippen LogP contribution >= 0.6 is 11.6 Å². The van der Waals surface area contributed by atoms with E-state index in [-0.39, 0.29) is 22.3 Å². The van der Waals surface area contributed by atoms with E-state index in [0.29, 0.717) is 17.9 Å². The Morgan fingerprint density at radius 1 is 1.45 bits per heavy atom. The number of nitrogens with one attached hydrogen (secondary N) is 1. The van der Waals surface area contributed by atoms with Crippen LogP contribution in [0.5, 0.6) is 0 Å². The van der Waals surface area contributed by atoms with Gasteiger partial charge in [0.15, 0.2) is 0 Å². The maximum atomic E-state index is 14.1. The minimum absolute atomic E-state index is 0.0817. The van der Waals surface area contributed by atoms with E-state index in [1.165, 1.54) is 19.3 Å². The Bertz CT molecular complexity index is 462. The predicted molar refractivity (Wildman–Crippen MR) is 82.0 cm³/mol. The summed E-state index contributed by atoms with van der Waals surface area (Å²) in [6, 6.07) is 5.25. The molecule has 2 rings (SSSR count). The van der Waals surface area contributed by atoms with Crippen LogP contribution in [-0.2, 0) is 6.42 Å². The zero-order valence-corrected chi connectivity index (χ0v) is 13.0. The summed E-state index contributed by atoms with van der Waals surface area (Å²) in [5.41, 5.74) is 3.79. The van der Waals surface area contributed by atoms with Gasteiger partial charge >= 0.3 is 0 Å². The van der Waals surface area contributed by atoms with Crippen LogP contribution in [0.25, 0.3) is 0 Å². The van der Waals surface area contributed by atoms with Gasteiger partial charge in [-0.15, -0.1) is 0 Å². The highest BCUT2D eigenvalue weighted by Crippen LogP contribution is 2.43. The molecule has 1 aliphatic rings. The highest BCUT2D eigenvalue weighted by atomic mass is 35.5. The Kier molecular flexibility index (Phi) is 5.05. The number of nitrogens with two attached hydrogens (primary N) is 1. The maximum absolute atomic E-state index is 14.1. The highest BCUT2D eigenvalue weighted by molar-refractivity contribution is 6.30. The molecule has 1 saturated carbocycles. The van der Waals surface area contributed by atoms with Crippen molar-refractivity contribution in [3.8, 4) is 0 Å². The molecular formula is C16H24ClFN2. The molecule has 112 valence electrons. The molecule has 1 fully saturated rings. The number of hydrogen-bond donors (Lipinski definition) is 2. The van der Waals surface area contributed by atoms with Gasteiger partial charge in [0.1, 0.15) is 5.82 Å². The van der Waals surface area contributed by atoms with Crippen LogP contribution in [-0.4, -0.2) is 6.04 Å². The minimum Gasteiger partial charge on any atom is -0.271 e. The number of hydrogen-bond acceptors (Lipinski definition) is 2. The first kappa shape index (κ1) is 15.7. The van der Waals surface area contributed by atoms with E-state index in [9.17, 15) is 4.39 Å². The monoisotopic (exact) mass is 298 g/mol. The zero-order valence-electron chi connectivity index (χ0n) is 12.3. The molecule has 2 unspecified atom stereocenters. The normalized spacial score (nSPS) is 23.6. The van der Waals surface area contributed by atoms with Gasteiger partial charge in [-0.25, -0.2) is 4.39 Å². The van der Waals surface area contributed by atoms with E-state index in [1.807, 2.05) is 0 Å². The molecule has 1 aliphatic carbocycles. The van der Waals surface area contributed by atoms with Crippen molar-refractivity contribution in [3.63, 3.8) is 0 Å². The summed E-state index contributed by atoms with van der Waals surface area (Å²) in [6.45, 7) is 4.57. The number of rotatable bonds is 4. The fraction of sp³-hybridized carbons (Fsp3) is 0.625. The second kappa shape index (κ2) is 6.42. The van der Waals surface area contributed by atoms with Gasteiger partial charge in [0.05, 0.1) is 5.02 Å². The van der Waals surface area contributed by atoms with E-state index in [0.717, 1.165) is 6.42 Å². The summed E-state index contributed by atoms with van der Waals surface area (Å²) in [5.74, 6) is 5.90. The molecule has 4 heteroatoms. The van der Waals surface area contributed by atoms with Crippen LogP contribution in [0, 0.1) is 17.2 Å². The number of benzene rings is 1. The summed E-state index contributed by atoms with van der Waals surface area (Å²) >= 11 is 5.86. The van der Waals surface area contributed by atoms with E-state index in [4.69, 9.17) is 17.4 Å². The molecule has 0 radical (unpaired) electrons. The minimum atomic E-state index is -0.317. The maximum Gasteiger partial charge on any atom is 0.145 e. The van der Waals surface area contributed by atoms with Crippen molar-refractivity contribution >= 4 is 11.6 Å². The SMILES string of the molecule is CC1(C)CCCCC1C(Cc1cccc(Cl)c1F)NN. The van der Waals surface area contributed by atoms with Gasteiger partial charge in [-0.3, -0.25) is 11.3 Å². The molecule has 0 saturated heterocycles. The van der Waals surface area contributed by atoms with Crippen molar-refractivity contribution in [2.45, 2.75) is 52.0 Å². The lowest BCUT2D eigenvalue weighted by atomic mass is 9.65. The average molecular weight is 299 g/mol. The highest BCUT2D eigenvalue weighted by Gasteiger charge is 2.37. The summed E-state index contributed by atoms with van der Waals surface area (Å²) < 4.78 is 14.1. The van der Waals surface area contributed by atoms with Crippen LogP contribution in [0.2, 0.25) is 5.02 Å². The summed E-state index contributed by atoms with van der Waals surface area (Å²) in [7, 11) is 0. The second-order valence-corrected chi connectivity index (χ2v) is 6.94. The van der Waals surface area contributed by atoms with Crippen molar-refractivity contribution < 1.29 is 4.39 Å². The molecule has 20 heavy (non-hydrogen) atoms. The van der Waals surface area contributed by atoms with E-state index >= 15 is 0 Å². The molecule has 0 aromatic heterocycles. The molecular weight excluding hydrogens is 275 g/mol. The lowest BCUT2D eigenvalue weighted by Gasteiger charge is -2.43. The molecule has 2 nitrogen and oxygen atoms in total. The zero-order chi connectivity index (χ0) is 14.8. The van der Waals surface area contributed by atoms with Gasteiger partial charge in [0.2, 0.25) is 0 Å². The van der Waals surface area contributed by atoms with Crippen LogP contribution in [0.15, 0.2) is 18.2 Å². The van der Waals surface area contributed by atoms with Gasteiger partial charge in [-0.2, -0.15) is 0 Å². The van der Waals surface area contributed by atoms with Gasteiger partial charge in [0.25, 0.3) is 0 Å². The van der Waals surface area contributed by atoms with Crippen LogP contribution in [0.4, 0.5) is 4.39 Å². The topological polar surface area (TPSA) is 38.0 Å². The van der Waals surface area contributed by atoms with Gasteiger partial charge in [-0.1, -0.05) is 50.4 Å². The standard InChI is InChI=1S/C16H24ClFN2/c1-16(2)9-4-3-7-12(16)14(20-19)10-11-6-5-8-13(17)15(11)18/h5-6,8,12,14,20H,3-4,7,9-10,19H2,1-2H3. The molecule has 2 atom stereocenters. The van der Waals surface area contributed by atoms with E-state index in [2.05, 4.69) is 19.3 Å². The third-order valence-electron chi connectivity index (χ3n) is 4.76. The van der Waals surface area contributed by atoms with Crippen molar-refractivity contribution in [3.05, 3.63) is 34.6 Å². The Morgan fingerprint density at radius 2 is 2.20 bits per heavy atom. The third kappa shape index (κ3) is 3.33. The van der Waals surface area contributed by atoms with Crippen molar-refractivity contribution in [1.82, 2.24) is 5.43 Å². The molecule has 1 aromatic carbocycles. The molecule has 0 aliphatic heterocycles. The van der Waals surface area contributed by atoms with Gasteiger partial charge in [-0.05, 0) is 42.2 Å². The summed E-state index contributed by atoms with van der Waals surface area (Å²) in [4.78, 5) is 0. The first-order valence-electron chi connectivity index (χ1n) is 7.34. The molecule has 1 aromatic rings. The first-order chi connectivity index (χ1) is 9.45. The molecule has 0 amide bonds. The smallest absolute Gasteiger partial charge is 0.145 e. The van der Waals surface area contributed by atoms with Gasteiger partial charge in [0, 0.05) is 6.04 Å². The van der Waals surface area contributed by atoms with Crippen molar-refractivity contribution in [1.29, 1.82) is 0 Å².